The molecule has 0 saturated carbocycles. The Bertz CT molecular complexity index is 873. The monoisotopic (exact) mass is 384 g/mol. The highest BCUT2D eigenvalue weighted by Gasteiger charge is 2.32. The van der Waals surface area contributed by atoms with Gasteiger partial charge in [0.2, 0.25) is 0 Å². The van der Waals surface area contributed by atoms with Gasteiger partial charge in [-0.05, 0) is 30.2 Å². The van der Waals surface area contributed by atoms with Crippen LogP contribution in [0.15, 0.2) is 39.8 Å². The molecule has 0 aliphatic carbocycles. The highest BCUT2D eigenvalue weighted by Crippen LogP contribution is 2.35. The summed E-state index contributed by atoms with van der Waals surface area (Å²) in [4.78, 5) is 11.1. The first-order chi connectivity index (χ1) is 10.3. The maximum absolute atomic E-state index is 12.8. The zero-order valence-corrected chi connectivity index (χ0v) is 14.1. The van der Waals surface area contributed by atoms with Gasteiger partial charge in [-0.15, -0.1) is 0 Å². The number of carboxylic acids is 1. The van der Waals surface area contributed by atoms with Crippen molar-refractivity contribution < 1.29 is 18.3 Å². The van der Waals surface area contributed by atoms with Crippen molar-refractivity contribution in [2.24, 2.45) is 7.05 Å². The quantitative estimate of drug-likeness (QED) is 0.879. The van der Waals surface area contributed by atoms with Gasteiger partial charge in [0.1, 0.15) is 10.6 Å². The number of halogens is 1. The van der Waals surface area contributed by atoms with E-state index in [4.69, 9.17) is 5.11 Å². The molecule has 3 rings (SSSR count). The van der Waals surface area contributed by atoms with Crippen LogP contribution in [0.5, 0.6) is 0 Å². The molecule has 0 spiro atoms. The van der Waals surface area contributed by atoms with Gasteiger partial charge in [0.05, 0.1) is 5.69 Å². The SMILES string of the molecule is Cn1cc(S(=O)(=O)N2CCc3ccc(Br)cc32)cc1C(=O)O. The number of nitrogens with zero attached hydrogens (tertiary/aromatic N) is 2. The number of fused-ring (bicyclic) bond motifs is 1. The van der Waals surface area contributed by atoms with Crippen molar-refractivity contribution in [2.75, 3.05) is 10.8 Å². The van der Waals surface area contributed by atoms with Gasteiger partial charge < -0.3 is 9.67 Å². The molecule has 0 saturated heterocycles. The molecule has 8 heteroatoms. The molecule has 1 aliphatic rings. The molecule has 0 unspecified atom stereocenters. The zero-order valence-electron chi connectivity index (χ0n) is 11.7. The second kappa shape index (κ2) is 5.13. The molecule has 2 aromatic rings. The number of aromatic nitrogens is 1. The molecular weight excluding hydrogens is 372 g/mol. The minimum absolute atomic E-state index is 0.0137. The third kappa shape index (κ3) is 2.32. The second-order valence-corrected chi connectivity index (χ2v) is 7.86. The molecule has 0 bridgehead atoms. The van der Waals surface area contributed by atoms with E-state index >= 15 is 0 Å². The lowest BCUT2D eigenvalue weighted by atomic mass is 10.2. The predicted molar refractivity (Wildman–Crippen MR) is 84.8 cm³/mol. The van der Waals surface area contributed by atoms with E-state index in [0.717, 1.165) is 10.0 Å². The fourth-order valence-electron chi connectivity index (χ4n) is 2.59. The summed E-state index contributed by atoms with van der Waals surface area (Å²) in [5.74, 6) is -1.16. The van der Waals surface area contributed by atoms with Crippen LogP contribution >= 0.6 is 15.9 Å². The van der Waals surface area contributed by atoms with Crippen molar-refractivity contribution in [3.8, 4) is 0 Å². The number of sulfonamides is 1. The molecule has 22 heavy (non-hydrogen) atoms. The Balaban J connectivity index is 2.08. The number of carbonyl (C=O) groups is 1. The van der Waals surface area contributed by atoms with Crippen LogP contribution in [0.3, 0.4) is 0 Å². The summed E-state index contributed by atoms with van der Waals surface area (Å²) in [6.07, 6.45) is 1.97. The van der Waals surface area contributed by atoms with Crippen LogP contribution in [0.4, 0.5) is 5.69 Å². The van der Waals surface area contributed by atoms with Crippen LogP contribution < -0.4 is 4.31 Å². The Morgan fingerprint density at radius 3 is 2.68 bits per heavy atom. The van der Waals surface area contributed by atoms with E-state index in [9.17, 15) is 13.2 Å². The molecule has 0 radical (unpaired) electrons. The van der Waals surface area contributed by atoms with E-state index in [2.05, 4.69) is 15.9 Å². The van der Waals surface area contributed by atoms with Crippen molar-refractivity contribution in [3.63, 3.8) is 0 Å². The van der Waals surface area contributed by atoms with Crippen LogP contribution in [0.25, 0.3) is 0 Å². The summed E-state index contributed by atoms with van der Waals surface area (Å²) < 4.78 is 29.0. The summed E-state index contributed by atoms with van der Waals surface area (Å²) in [5.41, 5.74) is 1.53. The average molecular weight is 385 g/mol. The summed E-state index contributed by atoms with van der Waals surface area (Å²) in [6, 6.07) is 6.72. The third-order valence-corrected chi connectivity index (χ3v) is 5.96. The highest BCUT2D eigenvalue weighted by molar-refractivity contribution is 9.10. The number of hydrogen-bond donors (Lipinski definition) is 1. The number of aryl methyl sites for hydroxylation is 1. The Kier molecular flexibility index (Phi) is 3.53. The van der Waals surface area contributed by atoms with Gasteiger partial charge in [-0.1, -0.05) is 22.0 Å². The van der Waals surface area contributed by atoms with Gasteiger partial charge in [0, 0.05) is 24.3 Å². The van der Waals surface area contributed by atoms with Gasteiger partial charge in [0.25, 0.3) is 10.0 Å². The fourth-order valence-corrected chi connectivity index (χ4v) is 4.50. The largest absolute Gasteiger partial charge is 0.477 e. The van der Waals surface area contributed by atoms with Crippen molar-refractivity contribution in [1.29, 1.82) is 0 Å². The normalized spacial score (nSPS) is 14.2. The van der Waals surface area contributed by atoms with Crippen LogP contribution in [-0.4, -0.2) is 30.6 Å². The molecule has 1 aromatic carbocycles. The van der Waals surface area contributed by atoms with E-state index in [1.807, 2.05) is 12.1 Å². The molecule has 116 valence electrons. The Morgan fingerprint density at radius 1 is 1.32 bits per heavy atom. The minimum atomic E-state index is -3.78. The van der Waals surface area contributed by atoms with Gasteiger partial charge in [-0.25, -0.2) is 13.2 Å². The predicted octanol–water partition coefficient (Wildman–Crippen LogP) is 2.24. The topological polar surface area (TPSA) is 79.6 Å². The summed E-state index contributed by atoms with van der Waals surface area (Å²) >= 11 is 3.35. The molecule has 0 atom stereocenters. The summed E-state index contributed by atoms with van der Waals surface area (Å²) in [6.45, 7) is 0.353. The van der Waals surface area contributed by atoms with E-state index in [1.54, 1.807) is 6.07 Å². The van der Waals surface area contributed by atoms with E-state index in [1.165, 1.54) is 28.2 Å². The first kappa shape index (κ1) is 15.1. The summed E-state index contributed by atoms with van der Waals surface area (Å²) in [7, 11) is -2.26. The molecular formula is C14H13BrN2O4S. The second-order valence-electron chi connectivity index (χ2n) is 5.08. The van der Waals surface area contributed by atoms with Gasteiger partial charge in [-0.3, -0.25) is 4.31 Å². The minimum Gasteiger partial charge on any atom is -0.477 e. The smallest absolute Gasteiger partial charge is 0.352 e. The molecule has 6 nitrogen and oxygen atoms in total. The van der Waals surface area contributed by atoms with Crippen LogP contribution in [0.2, 0.25) is 0 Å². The standard InChI is InChI=1S/C14H13BrN2O4S/c1-16-8-11(7-13(16)14(18)19)22(20,21)17-5-4-9-2-3-10(15)6-12(9)17/h2-3,6-8H,4-5H2,1H3,(H,18,19). The Labute approximate surface area is 136 Å². The molecule has 1 N–H and O–H groups in total. The van der Waals surface area contributed by atoms with Gasteiger partial charge >= 0.3 is 5.97 Å². The summed E-state index contributed by atoms with van der Waals surface area (Å²) in [5, 5.41) is 9.07. The highest BCUT2D eigenvalue weighted by atomic mass is 79.9. The number of rotatable bonds is 3. The molecule has 2 heterocycles. The van der Waals surface area contributed by atoms with E-state index < -0.39 is 16.0 Å². The van der Waals surface area contributed by atoms with Crippen molar-refractivity contribution in [1.82, 2.24) is 4.57 Å². The first-order valence-corrected chi connectivity index (χ1v) is 8.75. The van der Waals surface area contributed by atoms with Crippen LogP contribution in [0, 0.1) is 0 Å². The van der Waals surface area contributed by atoms with E-state index in [0.29, 0.717) is 18.7 Å². The van der Waals surface area contributed by atoms with Crippen LogP contribution in [0.1, 0.15) is 16.1 Å². The number of benzene rings is 1. The molecule has 0 fully saturated rings. The zero-order chi connectivity index (χ0) is 16.1. The van der Waals surface area contributed by atoms with Gasteiger partial charge in [0.15, 0.2) is 0 Å². The molecule has 1 aliphatic heterocycles. The maximum Gasteiger partial charge on any atom is 0.352 e. The lowest BCUT2D eigenvalue weighted by Crippen LogP contribution is -2.28. The lowest BCUT2D eigenvalue weighted by Gasteiger charge is -2.18. The fraction of sp³-hybridized carbons (Fsp3) is 0.214. The van der Waals surface area contributed by atoms with Gasteiger partial charge in [-0.2, -0.15) is 0 Å². The van der Waals surface area contributed by atoms with Crippen LogP contribution in [-0.2, 0) is 23.5 Å². The molecule has 1 aromatic heterocycles. The first-order valence-electron chi connectivity index (χ1n) is 6.51. The molecule has 0 amide bonds. The van der Waals surface area contributed by atoms with Crippen molar-refractivity contribution >= 4 is 37.6 Å². The number of carboxylic acid groups (broad SMARTS) is 1. The number of anilines is 1. The number of hydrogen-bond acceptors (Lipinski definition) is 3. The van der Waals surface area contributed by atoms with E-state index in [-0.39, 0.29) is 10.6 Å². The third-order valence-electron chi connectivity index (χ3n) is 3.69. The van der Waals surface area contributed by atoms with Crippen molar-refractivity contribution in [3.05, 3.63) is 46.2 Å². The Hall–Kier alpha value is -1.80. The lowest BCUT2D eigenvalue weighted by molar-refractivity contribution is 0.0686. The van der Waals surface area contributed by atoms with Crippen molar-refractivity contribution in [2.45, 2.75) is 11.3 Å². The maximum atomic E-state index is 12.8. The average Bonchev–Trinajstić information content (AvgIpc) is 3.02. The number of aromatic carboxylic acids is 1. The Morgan fingerprint density at radius 2 is 2.05 bits per heavy atom.